The molecule has 3 rings (SSSR count). The average molecular weight is 385 g/mol. The maximum atomic E-state index is 12.5. The molecule has 0 aliphatic carbocycles. The van der Waals surface area contributed by atoms with Crippen LogP contribution in [0.3, 0.4) is 0 Å². The lowest BCUT2D eigenvalue weighted by molar-refractivity contribution is 0.0952. The number of phenolic OH excluding ortho intramolecular Hbond substituents is 1. The topological polar surface area (TPSA) is 80.2 Å². The van der Waals surface area contributed by atoms with Gasteiger partial charge in [-0.2, -0.15) is 5.10 Å². The number of phenols is 1. The molecule has 0 bridgehead atoms. The minimum atomic E-state index is -0.442. The smallest absolute Gasteiger partial charge is 0.275 e. The maximum Gasteiger partial charge on any atom is 0.275 e. The second-order valence-corrected chi connectivity index (χ2v) is 6.08. The molecule has 0 aliphatic heterocycles. The standard InChI is InChI=1S/C20H17ClN2O4/c1-26-17-9-13-6-4-3-5-12(13)8-16(17)20(25)23-22-11-14-7-15(21)10-18(27-2)19(14)24/h3-11,24H,1-2H3,(H,23,25)/b22-11+. The highest BCUT2D eigenvalue weighted by molar-refractivity contribution is 6.31. The van der Waals surface area contributed by atoms with Crippen molar-refractivity contribution in [3.63, 3.8) is 0 Å². The van der Waals surface area contributed by atoms with Crippen LogP contribution in [0, 0.1) is 0 Å². The molecule has 0 saturated carbocycles. The molecule has 0 saturated heterocycles. The summed E-state index contributed by atoms with van der Waals surface area (Å²) in [5.41, 5.74) is 3.09. The third-order valence-corrected chi connectivity index (χ3v) is 4.19. The summed E-state index contributed by atoms with van der Waals surface area (Å²) in [7, 11) is 2.92. The number of carbonyl (C=O) groups excluding carboxylic acids is 1. The summed E-state index contributed by atoms with van der Waals surface area (Å²) in [5, 5.41) is 16.2. The molecule has 0 heterocycles. The largest absolute Gasteiger partial charge is 0.504 e. The highest BCUT2D eigenvalue weighted by Crippen LogP contribution is 2.32. The molecular formula is C20H17ClN2O4. The Bertz CT molecular complexity index is 1030. The molecule has 2 N–H and O–H groups in total. The van der Waals surface area contributed by atoms with E-state index in [1.54, 1.807) is 12.1 Å². The Hall–Kier alpha value is -3.25. The summed E-state index contributed by atoms with van der Waals surface area (Å²) < 4.78 is 10.4. The first kappa shape index (κ1) is 18.5. The molecule has 1 amide bonds. The van der Waals surface area contributed by atoms with Gasteiger partial charge in [-0.1, -0.05) is 35.9 Å². The first-order valence-corrected chi connectivity index (χ1v) is 8.38. The van der Waals surface area contributed by atoms with E-state index in [1.165, 1.54) is 32.6 Å². The zero-order chi connectivity index (χ0) is 19.4. The molecule has 138 valence electrons. The second-order valence-electron chi connectivity index (χ2n) is 5.64. The Balaban J connectivity index is 1.85. The number of benzene rings is 3. The first-order valence-electron chi connectivity index (χ1n) is 8.00. The fourth-order valence-corrected chi connectivity index (χ4v) is 2.85. The van der Waals surface area contributed by atoms with Crippen molar-refractivity contribution >= 4 is 34.5 Å². The van der Waals surface area contributed by atoms with E-state index in [9.17, 15) is 9.90 Å². The van der Waals surface area contributed by atoms with Crippen molar-refractivity contribution in [1.29, 1.82) is 0 Å². The Morgan fingerprint density at radius 3 is 2.41 bits per heavy atom. The van der Waals surface area contributed by atoms with Gasteiger partial charge in [0, 0.05) is 16.7 Å². The van der Waals surface area contributed by atoms with Crippen molar-refractivity contribution in [3.8, 4) is 17.2 Å². The maximum absolute atomic E-state index is 12.5. The fraction of sp³-hybridized carbons (Fsp3) is 0.100. The van der Waals surface area contributed by atoms with Crippen LogP contribution in [0.25, 0.3) is 10.8 Å². The van der Waals surface area contributed by atoms with Gasteiger partial charge in [0.15, 0.2) is 11.5 Å². The number of halogens is 1. The number of methoxy groups -OCH3 is 2. The lowest BCUT2D eigenvalue weighted by Gasteiger charge is -2.09. The van der Waals surface area contributed by atoms with Gasteiger partial charge in [0.25, 0.3) is 5.91 Å². The molecule has 0 aliphatic rings. The Morgan fingerprint density at radius 2 is 1.74 bits per heavy atom. The van der Waals surface area contributed by atoms with Crippen LogP contribution >= 0.6 is 11.6 Å². The van der Waals surface area contributed by atoms with Crippen LogP contribution < -0.4 is 14.9 Å². The van der Waals surface area contributed by atoms with E-state index in [-0.39, 0.29) is 11.5 Å². The van der Waals surface area contributed by atoms with Gasteiger partial charge < -0.3 is 14.6 Å². The summed E-state index contributed by atoms with van der Waals surface area (Å²) in [5.74, 6) is 0.0886. The molecule has 0 radical (unpaired) electrons. The summed E-state index contributed by atoms with van der Waals surface area (Å²) >= 11 is 5.98. The highest BCUT2D eigenvalue weighted by atomic mass is 35.5. The molecule has 0 unspecified atom stereocenters. The van der Waals surface area contributed by atoms with Gasteiger partial charge in [0.2, 0.25) is 0 Å². The van der Waals surface area contributed by atoms with Crippen LogP contribution in [0.15, 0.2) is 53.6 Å². The van der Waals surface area contributed by atoms with Gasteiger partial charge in [0.1, 0.15) is 5.75 Å². The summed E-state index contributed by atoms with van der Waals surface area (Å²) in [6.45, 7) is 0. The fourth-order valence-electron chi connectivity index (χ4n) is 2.63. The number of nitrogens with one attached hydrogen (secondary N) is 1. The van der Waals surface area contributed by atoms with Gasteiger partial charge in [-0.15, -0.1) is 0 Å². The quantitative estimate of drug-likeness (QED) is 0.515. The number of nitrogens with zero attached hydrogens (tertiary/aromatic N) is 1. The Kier molecular flexibility index (Phi) is 5.47. The van der Waals surface area contributed by atoms with Crippen LogP contribution in [-0.2, 0) is 0 Å². The molecule has 3 aromatic carbocycles. The number of aromatic hydroxyl groups is 1. The molecular weight excluding hydrogens is 368 g/mol. The number of hydrogen-bond donors (Lipinski definition) is 2. The molecule has 0 fully saturated rings. The van der Waals surface area contributed by atoms with E-state index in [2.05, 4.69) is 10.5 Å². The van der Waals surface area contributed by atoms with Crippen molar-refractivity contribution in [2.45, 2.75) is 0 Å². The number of hydrazone groups is 1. The van der Waals surface area contributed by atoms with Crippen molar-refractivity contribution in [1.82, 2.24) is 5.43 Å². The Morgan fingerprint density at radius 1 is 1.07 bits per heavy atom. The molecule has 0 atom stereocenters. The van der Waals surface area contributed by atoms with E-state index in [4.69, 9.17) is 21.1 Å². The van der Waals surface area contributed by atoms with Crippen LogP contribution in [-0.4, -0.2) is 31.4 Å². The van der Waals surface area contributed by atoms with E-state index in [0.717, 1.165) is 10.8 Å². The van der Waals surface area contributed by atoms with E-state index in [1.807, 2.05) is 24.3 Å². The van der Waals surface area contributed by atoms with Crippen molar-refractivity contribution in [2.75, 3.05) is 14.2 Å². The monoisotopic (exact) mass is 384 g/mol. The number of amides is 1. The van der Waals surface area contributed by atoms with E-state index < -0.39 is 5.91 Å². The summed E-state index contributed by atoms with van der Waals surface area (Å²) in [6.07, 6.45) is 1.29. The van der Waals surface area contributed by atoms with Gasteiger partial charge in [0.05, 0.1) is 26.0 Å². The van der Waals surface area contributed by atoms with Gasteiger partial charge >= 0.3 is 0 Å². The molecule has 7 heteroatoms. The van der Waals surface area contributed by atoms with Crippen LogP contribution in [0.2, 0.25) is 5.02 Å². The van der Waals surface area contributed by atoms with Crippen molar-refractivity contribution in [3.05, 3.63) is 64.7 Å². The van der Waals surface area contributed by atoms with E-state index >= 15 is 0 Å². The summed E-state index contributed by atoms with van der Waals surface area (Å²) in [4.78, 5) is 12.5. The molecule has 0 aromatic heterocycles. The zero-order valence-corrected chi connectivity index (χ0v) is 15.4. The van der Waals surface area contributed by atoms with Gasteiger partial charge in [-0.3, -0.25) is 4.79 Å². The normalized spacial score (nSPS) is 10.9. The number of rotatable bonds is 5. The number of carbonyl (C=O) groups is 1. The average Bonchev–Trinajstić information content (AvgIpc) is 2.68. The second kappa shape index (κ2) is 7.97. The molecule has 0 spiro atoms. The number of fused-ring (bicyclic) bond motifs is 1. The summed E-state index contributed by atoms with van der Waals surface area (Å²) in [6, 6.07) is 14.2. The SMILES string of the molecule is COc1cc2ccccc2cc1C(=O)N/N=C/c1cc(Cl)cc(OC)c1O. The van der Waals surface area contributed by atoms with Gasteiger partial charge in [-0.25, -0.2) is 5.43 Å². The van der Waals surface area contributed by atoms with Crippen molar-refractivity contribution < 1.29 is 19.4 Å². The molecule has 27 heavy (non-hydrogen) atoms. The molecule has 3 aromatic rings. The third-order valence-electron chi connectivity index (χ3n) is 3.97. The van der Waals surface area contributed by atoms with Crippen LogP contribution in [0.4, 0.5) is 0 Å². The number of hydrogen-bond acceptors (Lipinski definition) is 5. The highest BCUT2D eigenvalue weighted by Gasteiger charge is 2.13. The van der Waals surface area contributed by atoms with Crippen LogP contribution in [0.5, 0.6) is 17.2 Å². The van der Waals surface area contributed by atoms with Gasteiger partial charge in [-0.05, 0) is 29.0 Å². The number of ether oxygens (including phenoxy) is 2. The first-order chi connectivity index (χ1) is 13.0. The van der Waals surface area contributed by atoms with Crippen LogP contribution in [0.1, 0.15) is 15.9 Å². The minimum Gasteiger partial charge on any atom is -0.504 e. The lowest BCUT2D eigenvalue weighted by Crippen LogP contribution is -2.18. The van der Waals surface area contributed by atoms with Crippen molar-refractivity contribution in [2.24, 2.45) is 5.10 Å². The predicted molar refractivity (Wildman–Crippen MR) is 105 cm³/mol. The molecule has 6 nitrogen and oxygen atoms in total. The lowest BCUT2D eigenvalue weighted by atomic mass is 10.1. The Labute approximate surface area is 161 Å². The zero-order valence-electron chi connectivity index (χ0n) is 14.7. The minimum absolute atomic E-state index is 0.122. The van der Waals surface area contributed by atoms with E-state index in [0.29, 0.717) is 21.9 Å². The predicted octanol–water partition coefficient (Wildman–Crippen LogP) is 3.98. The third kappa shape index (κ3) is 3.96.